The van der Waals surface area contributed by atoms with Gasteiger partial charge in [-0.15, -0.1) is 11.8 Å². The molecule has 0 bridgehead atoms. The van der Waals surface area contributed by atoms with Crippen LogP contribution in [0, 0.1) is 17.0 Å². The zero-order chi connectivity index (χ0) is 14.7. The number of carbonyl (C=O) groups is 1. The number of aromatic nitrogens is 2. The van der Waals surface area contributed by atoms with Gasteiger partial charge in [0.05, 0.1) is 11.4 Å². The highest BCUT2D eigenvalue weighted by atomic mass is 32.2. The Bertz CT molecular complexity index is 519. The van der Waals surface area contributed by atoms with E-state index in [1.807, 2.05) is 0 Å². The van der Waals surface area contributed by atoms with Crippen LogP contribution in [0.2, 0.25) is 0 Å². The zero-order valence-corrected chi connectivity index (χ0v) is 11.8. The van der Waals surface area contributed by atoms with Crippen molar-refractivity contribution in [3.63, 3.8) is 0 Å². The first kappa shape index (κ1) is 14.8. The quantitative estimate of drug-likeness (QED) is 0.588. The molecule has 110 valence electrons. The lowest BCUT2D eigenvalue weighted by atomic mass is 10.1. The molecule has 1 aliphatic rings. The number of hydrogen-bond donors (Lipinski definition) is 2. The van der Waals surface area contributed by atoms with Crippen molar-refractivity contribution >= 4 is 23.5 Å². The molecule has 0 radical (unpaired) electrons. The van der Waals surface area contributed by atoms with E-state index in [0.717, 1.165) is 5.75 Å². The number of aliphatic hydroxyl groups excluding tert-OH is 1. The van der Waals surface area contributed by atoms with Crippen LogP contribution in [-0.4, -0.2) is 49.1 Å². The number of thioether (sulfide) groups is 1. The first-order valence-electron chi connectivity index (χ1n) is 6.23. The minimum atomic E-state index is -0.831. The minimum Gasteiger partial charge on any atom is -0.389 e. The van der Waals surface area contributed by atoms with Gasteiger partial charge < -0.3 is 20.5 Å². The van der Waals surface area contributed by atoms with Gasteiger partial charge in [0.2, 0.25) is 5.91 Å². The van der Waals surface area contributed by atoms with Crippen LogP contribution < -0.4 is 5.32 Å². The number of hydrogen-bond acceptors (Lipinski definition) is 6. The van der Waals surface area contributed by atoms with Gasteiger partial charge in [-0.1, -0.05) is 0 Å². The second-order valence-corrected chi connectivity index (χ2v) is 5.88. The van der Waals surface area contributed by atoms with Crippen molar-refractivity contribution in [2.45, 2.75) is 31.2 Å². The lowest BCUT2D eigenvalue weighted by molar-refractivity contribution is -0.392. The van der Waals surface area contributed by atoms with Gasteiger partial charge in [0.25, 0.3) is 0 Å². The number of rotatable bonds is 5. The van der Waals surface area contributed by atoms with Crippen molar-refractivity contribution in [3.8, 4) is 0 Å². The smallest absolute Gasteiger partial charge is 0.342 e. The largest absolute Gasteiger partial charge is 0.389 e. The average molecular weight is 300 g/mol. The molecule has 1 amide bonds. The lowest BCUT2D eigenvalue weighted by Gasteiger charge is -2.23. The molecule has 0 aromatic carbocycles. The molecule has 2 heterocycles. The van der Waals surface area contributed by atoms with E-state index < -0.39 is 11.0 Å². The van der Waals surface area contributed by atoms with Crippen LogP contribution in [0.3, 0.4) is 0 Å². The molecule has 1 aromatic heterocycles. The highest BCUT2D eigenvalue weighted by Crippen LogP contribution is 2.21. The number of nitrogens with one attached hydrogen (secondary N) is 1. The summed E-state index contributed by atoms with van der Waals surface area (Å²) in [5.74, 6) is 1.05. The third-order valence-corrected chi connectivity index (χ3v) is 4.36. The summed E-state index contributed by atoms with van der Waals surface area (Å²) in [6.45, 7) is 2.34. The Kier molecular flexibility index (Phi) is 4.61. The molecule has 1 aromatic rings. The molecule has 0 aliphatic carbocycles. The monoisotopic (exact) mass is 300 g/mol. The maximum atomic E-state index is 11.6. The predicted molar refractivity (Wildman–Crippen MR) is 73.5 cm³/mol. The molecule has 1 aliphatic heterocycles. The molecule has 2 unspecified atom stereocenters. The predicted octanol–water partition coefficient (Wildman–Crippen LogP) is 0.0823. The van der Waals surface area contributed by atoms with Crippen molar-refractivity contribution in [3.05, 3.63) is 22.1 Å². The molecule has 9 heteroatoms. The summed E-state index contributed by atoms with van der Waals surface area (Å²) >= 11 is 1.50. The van der Waals surface area contributed by atoms with Crippen molar-refractivity contribution in [1.82, 2.24) is 14.9 Å². The van der Waals surface area contributed by atoms with Crippen LogP contribution in [0.1, 0.15) is 12.2 Å². The van der Waals surface area contributed by atoms with Crippen LogP contribution >= 0.6 is 11.8 Å². The van der Waals surface area contributed by atoms with Gasteiger partial charge in [0.15, 0.2) is 5.82 Å². The third-order valence-electron chi connectivity index (χ3n) is 3.11. The maximum Gasteiger partial charge on any atom is 0.342 e. The molecular weight excluding hydrogens is 284 g/mol. The molecule has 2 N–H and O–H groups in total. The van der Waals surface area contributed by atoms with Gasteiger partial charge in [0, 0.05) is 19.2 Å². The number of imidazole rings is 1. The van der Waals surface area contributed by atoms with Crippen molar-refractivity contribution in [2.75, 3.05) is 12.3 Å². The van der Waals surface area contributed by atoms with Gasteiger partial charge in [-0.2, -0.15) is 0 Å². The number of aliphatic hydroxyl groups is 1. The SMILES string of the molecule is Cc1ncc([N+](=O)[O-])n1CC(O)CC1SCCNC1=O. The molecule has 0 spiro atoms. The second kappa shape index (κ2) is 6.23. The number of nitrogens with zero attached hydrogens (tertiary/aromatic N) is 3. The van der Waals surface area contributed by atoms with Crippen LogP contribution in [0.15, 0.2) is 6.20 Å². The molecule has 2 atom stereocenters. The van der Waals surface area contributed by atoms with Crippen LogP contribution in [0.25, 0.3) is 0 Å². The fourth-order valence-electron chi connectivity index (χ4n) is 2.10. The van der Waals surface area contributed by atoms with Crippen LogP contribution in [0.4, 0.5) is 5.82 Å². The van der Waals surface area contributed by atoms with Crippen molar-refractivity contribution < 1.29 is 14.8 Å². The molecule has 1 fully saturated rings. The van der Waals surface area contributed by atoms with E-state index in [4.69, 9.17) is 0 Å². The molecular formula is C11H16N4O4S. The van der Waals surface area contributed by atoms with E-state index in [2.05, 4.69) is 10.3 Å². The summed E-state index contributed by atoms with van der Waals surface area (Å²) in [5, 5.41) is 23.3. The first-order chi connectivity index (χ1) is 9.49. The summed E-state index contributed by atoms with van der Waals surface area (Å²) < 4.78 is 1.36. The standard InChI is InChI=1S/C11H16N4O4S/c1-7-13-5-10(15(18)19)14(7)6-8(16)4-9-11(17)12-2-3-20-9/h5,8-9,16H,2-4,6H2,1H3,(H,12,17). The topological polar surface area (TPSA) is 110 Å². The summed E-state index contributed by atoms with van der Waals surface area (Å²) in [7, 11) is 0. The summed E-state index contributed by atoms with van der Waals surface area (Å²) in [4.78, 5) is 25.8. The highest BCUT2D eigenvalue weighted by molar-refractivity contribution is 8.00. The number of nitro groups is 1. The van der Waals surface area contributed by atoms with Crippen molar-refractivity contribution in [1.29, 1.82) is 0 Å². The third kappa shape index (κ3) is 3.28. The van der Waals surface area contributed by atoms with Crippen LogP contribution in [0.5, 0.6) is 0 Å². The summed E-state index contributed by atoms with van der Waals surface area (Å²) in [5.41, 5.74) is 0. The fraction of sp³-hybridized carbons (Fsp3) is 0.636. The second-order valence-electron chi connectivity index (χ2n) is 4.57. The van der Waals surface area contributed by atoms with Gasteiger partial charge in [0.1, 0.15) is 12.7 Å². The van der Waals surface area contributed by atoms with Crippen molar-refractivity contribution in [2.24, 2.45) is 0 Å². The highest BCUT2D eigenvalue weighted by Gasteiger charge is 2.28. The Balaban J connectivity index is 2.01. The zero-order valence-electron chi connectivity index (χ0n) is 11.0. The van der Waals surface area contributed by atoms with Gasteiger partial charge in [-0.25, -0.2) is 9.55 Å². The first-order valence-corrected chi connectivity index (χ1v) is 7.28. The van der Waals surface area contributed by atoms with E-state index >= 15 is 0 Å². The minimum absolute atomic E-state index is 0.0620. The molecule has 0 saturated carbocycles. The Hall–Kier alpha value is -1.61. The molecule has 2 rings (SSSR count). The maximum absolute atomic E-state index is 11.6. The Morgan fingerprint density at radius 3 is 3.15 bits per heavy atom. The number of carbonyl (C=O) groups excluding carboxylic acids is 1. The lowest BCUT2D eigenvalue weighted by Crippen LogP contribution is -2.41. The fourth-order valence-corrected chi connectivity index (χ4v) is 3.20. The van der Waals surface area contributed by atoms with E-state index in [1.54, 1.807) is 6.92 Å². The van der Waals surface area contributed by atoms with Gasteiger partial charge in [-0.3, -0.25) is 4.79 Å². The Morgan fingerprint density at radius 2 is 2.50 bits per heavy atom. The average Bonchev–Trinajstić information content (AvgIpc) is 2.74. The summed E-state index contributed by atoms with van der Waals surface area (Å²) in [6, 6.07) is 0. The number of aryl methyl sites for hydroxylation is 1. The molecule has 8 nitrogen and oxygen atoms in total. The van der Waals surface area contributed by atoms with E-state index in [-0.39, 0.29) is 29.9 Å². The Morgan fingerprint density at radius 1 is 1.75 bits per heavy atom. The summed E-state index contributed by atoms with van der Waals surface area (Å²) in [6.07, 6.45) is 0.609. The van der Waals surface area contributed by atoms with Gasteiger partial charge >= 0.3 is 5.82 Å². The van der Waals surface area contributed by atoms with E-state index in [9.17, 15) is 20.0 Å². The van der Waals surface area contributed by atoms with Gasteiger partial charge in [-0.05, 0) is 11.3 Å². The van der Waals surface area contributed by atoms with E-state index in [0.29, 0.717) is 12.4 Å². The molecule has 20 heavy (non-hydrogen) atoms. The Labute approximate surface area is 119 Å². The van der Waals surface area contributed by atoms with E-state index in [1.165, 1.54) is 22.5 Å². The number of amides is 1. The normalized spacial score (nSPS) is 20.5. The molecule has 1 saturated heterocycles. The van der Waals surface area contributed by atoms with Crippen LogP contribution in [-0.2, 0) is 11.3 Å².